The molecular weight excluding hydrogens is 304 g/mol. The van der Waals surface area contributed by atoms with Gasteiger partial charge < -0.3 is 13.9 Å². The molecule has 0 N–H and O–H groups in total. The first-order valence-corrected chi connectivity index (χ1v) is 7.90. The summed E-state index contributed by atoms with van der Waals surface area (Å²) in [5.74, 6) is 1.40. The van der Waals surface area contributed by atoms with Crippen LogP contribution in [-0.4, -0.2) is 16.1 Å². The van der Waals surface area contributed by atoms with Gasteiger partial charge >= 0.3 is 0 Å². The lowest BCUT2D eigenvalue weighted by Gasteiger charge is -2.09. The number of ether oxygens (including phenoxy) is 2. The third-order valence-electron chi connectivity index (χ3n) is 3.25. The summed E-state index contributed by atoms with van der Waals surface area (Å²) in [5, 5.41) is 0. The highest BCUT2D eigenvalue weighted by Gasteiger charge is 2.08. The van der Waals surface area contributed by atoms with E-state index >= 15 is 0 Å². The Morgan fingerprint density at radius 3 is 2.50 bits per heavy atom. The summed E-state index contributed by atoms with van der Waals surface area (Å²) >= 11 is 0. The van der Waals surface area contributed by atoms with Crippen LogP contribution in [0, 0.1) is 0 Å². The Balaban J connectivity index is 1.57. The first-order valence-electron chi connectivity index (χ1n) is 7.90. The molecule has 0 saturated heterocycles. The molecule has 2 aromatic heterocycles. The van der Waals surface area contributed by atoms with Gasteiger partial charge in [0.15, 0.2) is 0 Å². The monoisotopic (exact) mass is 324 g/mol. The second-order valence-electron chi connectivity index (χ2n) is 5.65. The van der Waals surface area contributed by atoms with E-state index in [4.69, 9.17) is 13.9 Å². The molecule has 0 bridgehead atoms. The van der Waals surface area contributed by atoms with E-state index in [2.05, 4.69) is 9.97 Å². The fourth-order valence-electron chi connectivity index (χ4n) is 2.20. The quantitative estimate of drug-likeness (QED) is 0.650. The average Bonchev–Trinajstić information content (AvgIpc) is 3.05. The van der Waals surface area contributed by atoms with Crippen LogP contribution in [0.5, 0.6) is 5.75 Å². The van der Waals surface area contributed by atoms with Crippen LogP contribution in [0.4, 0.5) is 0 Å². The maximum absolute atomic E-state index is 5.63. The number of aromatic nitrogens is 2. The zero-order valence-electron chi connectivity index (χ0n) is 13.8. The molecule has 0 radical (unpaired) electrons. The van der Waals surface area contributed by atoms with Crippen molar-refractivity contribution in [3.8, 4) is 17.2 Å². The first kappa shape index (κ1) is 16.2. The van der Waals surface area contributed by atoms with Gasteiger partial charge in [0.1, 0.15) is 17.7 Å². The lowest BCUT2D eigenvalue weighted by Crippen LogP contribution is -2.05. The second kappa shape index (κ2) is 7.75. The SMILES string of the molecule is CC(C)Oc1ccc(-c2nc(COCc3ccccn3)co2)cc1. The molecule has 5 heteroatoms. The Morgan fingerprint density at radius 2 is 1.79 bits per heavy atom. The highest BCUT2D eigenvalue weighted by molar-refractivity contribution is 5.54. The summed E-state index contributed by atoms with van der Waals surface area (Å²) in [6, 6.07) is 13.4. The van der Waals surface area contributed by atoms with Crippen molar-refractivity contribution in [1.82, 2.24) is 9.97 Å². The molecule has 0 spiro atoms. The summed E-state index contributed by atoms with van der Waals surface area (Å²) in [5.41, 5.74) is 2.55. The Kier molecular flexibility index (Phi) is 5.23. The number of benzene rings is 1. The van der Waals surface area contributed by atoms with Gasteiger partial charge in [-0.25, -0.2) is 4.98 Å². The van der Waals surface area contributed by atoms with Crippen molar-refractivity contribution >= 4 is 0 Å². The van der Waals surface area contributed by atoms with E-state index in [0.29, 0.717) is 19.1 Å². The van der Waals surface area contributed by atoms with Crippen molar-refractivity contribution < 1.29 is 13.9 Å². The topological polar surface area (TPSA) is 57.4 Å². The average molecular weight is 324 g/mol. The van der Waals surface area contributed by atoms with Crippen LogP contribution in [0.15, 0.2) is 59.3 Å². The van der Waals surface area contributed by atoms with Crippen LogP contribution in [-0.2, 0) is 18.0 Å². The van der Waals surface area contributed by atoms with E-state index in [1.54, 1.807) is 12.5 Å². The van der Waals surface area contributed by atoms with Gasteiger partial charge in [0.2, 0.25) is 5.89 Å². The Bertz CT molecular complexity index is 752. The number of oxazole rings is 1. The third-order valence-corrected chi connectivity index (χ3v) is 3.25. The van der Waals surface area contributed by atoms with Gasteiger partial charge in [-0.1, -0.05) is 6.07 Å². The Morgan fingerprint density at radius 1 is 1.00 bits per heavy atom. The maximum Gasteiger partial charge on any atom is 0.226 e. The van der Waals surface area contributed by atoms with Gasteiger partial charge in [0.25, 0.3) is 0 Å². The zero-order chi connectivity index (χ0) is 16.8. The van der Waals surface area contributed by atoms with E-state index in [-0.39, 0.29) is 6.10 Å². The van der Waals surface area contributed by atoms with E-state index in [1.807, 2.05) is 56.3 Å². The van der Waals surface area contributed by atoms with Crippen molar-refractivity contribution in [1.29, 1.82) is 0 Å². The van der Waals surface area contributed by atoms with Gasteiger partial charge in [-0.05, 0) is 50.2 Å². The molecule has 3 aromatic rings. The minimum absolute atomic E-state index is 0.153. The molecule has 3 rings (SSSR count). The maximum atomic E-state index is 5.63. The molecule has 5 nitrogen and oxygen atoms in total. The van der Waals surface area contributed by atoms with Crippen molar-refractivity contribution in [2.45, 2.75) is 33.2 Å². The molecule has 2 heterocycles. The van der Waals surface area contributed by atoms with Crippen molar-refractivity contribution in [2.24, 2.45) is 0 Å². The summed E-state index contributed by atoms with van der Waals surface area (Å²) in [6.07, 6.45) is 3.52. The number of hydrogen-bond donors (Lipinski definition) is 0. The van der Waals surface area contributed by atoms with Crippen LogP contribution in [0.2, 0.25) is 0 Å². The summed E-state index contributed by atoms with van der Waals surface area (Å²) in [6.45, 7) is 4.83. The largest absolute Gasteiger partial charge is 0.491 e. The molecule has 0 aliphatic rings. The lowest BCUT2D eigenvalue weighted by molar-refractivity contribution is 0.102. The molecule has 0 saturated carbocycles. The van der Waals surface area contributed by atoms with E-state index in [9.17, 15) is 0 Å². The van der Waals surface area contributed by atoms with E-state index < -0.39 is 0 Å². The molecule has 24 heavy (non-hydrogen) atoms. The van der Waals surface area contributed by atoms with Crippen LogP contribution in [0.25, 0.3) is 11.5 Å². The van der Waals surface area contributed by atoms with Gasteiger partial charge in [0.05, 0.1) is 25.0 Å². The molecule has 0 aliphatic carbocycles. The molecule has 0 amide bonds. The van der Waals surface area contributed by atoms with Gasteiger partial charge in [-0.3, -0.25) is 4.98 Å². The van der Waals surface area contributed by atoms with E-state index in [1.165, 1.54) is 0 Å². The standard InChI is InChI=1S/C19H20N2O3/c1-14(2)24-18-8-6-15(7-9-18)19-21-17(13-23-19)12-22-11-16-5-3-4-10-20-16/h3-10,13-14H,11-12H2,1-2H3. The fourth-order valence-corrected chi connectivity index (χ4v) is 2.20. The molecule has 0 fully saturated rings. The van der Waals surface area contributed by atoms with Crippen LogP contribution < -0.4 is 4.74 Å². The predicted octanol–water partition coefficient (Wildman–Crippen LogP) is 4.24. The highest BCUT2D eigenvalue weighted by atomic mass is 16.5. The Labute approximate surface area is 141 Å². The zero-order valence-corrected chi connectivity index (χ0v) is 13.8. The summed E-state index contributed by atoms with van der Waals surface area (Å²) < 4.78 is 16.8. The summed E-state index contributed by atoms with van der Waals surface area (Å²) in [4.78, 5) is 8.66. The van der Waals surface area contributed by atoms with Gasteiger partial charge in [-0.15, -0.1) is 0 Å². The first-order chi connectivity index (χ1) is 11.7. The summed E-state index contributed by atoms with van der Waals surface area (Å²) in [7, 11) is 0. The minimum Gasteiger partial charge on any atom is -0.491 e. The van der Waals surface area contributed by atoms with Gasteiger partial charge in [0, 0.05) is 11.8 Å². The van der Waals surface area contributed by atoms with E-state index in [0.717, 1.165) is 22.7 Å². The second-order valence-corrected chi connectivity index (χ2v) is 5.65. The van der Waals surface area contributed by atoms with Crippen molar-refractivity contribution in [2.75, 3.05) is 0 Å². The predicted molar refractivity (Wildman–Crippen MR) is 90.4 cm³/mol. The van der Waals surface area contributed by atoms with Crippen LogP contribution in [0.3, 0.4) is 0 Å². The van der Waals surface area contributed by atoms with Crippen LogP contribution in [0.1, 0.15) is 25.2 Å². The smallest absolute Gasteiger partial charge is 0.226 e. The molecule has 1 aromatic carbocycles. The number of pyridine rings is 1. The normalized spacial score (nSPS) is 11.0. The van der Waals surface area contributed by atoms with Crippen molar-refractivity contribution in [3.63, 3.8) is 0 Å². The molecule has 0 aliphatic heterocycles. The lowest BCUT2D eigenvalue weighted by atomic mass is 10.2. The Hall–Kier alpha value is -2.66. The van der Waals surface area contributed by atoms with Gasteiger partial charge in [-0.2, -0.15) is 0 Å². The highest BCUT2D eigenvalue weighted by Crippen LogP contribution is 2.22. The number of nitrogens with zero attached hydrogens (tertiary/aromatic N) is 2. The number of rotatable bonds is 7. The third kappa shape index (κ3) is 4.43. The molecular formula is C19H20N2O3. The van der Waals surface area contributed by atoms with Crippen molar-refractivity contribution in [3.05, 3.63) is 66.3 Å². The number of hydrogen-bond acceptors (Lipinski definition) is 5. The minimum atomic E-state index is 0.153. The molecule has 0 unspecified atom stereocenters. The molecule has 0 atom stereocenters. The fraction of sp³-hybridized carbons (Fsp3) is 0.263. The molecule has 124 valence electrons. The van der Waals surface area contributed by atoms with Crippen LogP contribution >= 0.6 is 0 Å².